The Kier molecular flexibility index (Phi) is 3.85. The van der Waals surface area contributed by atoms with Crippen LogP contribution in [0, 0.1) is 5.92 Å². The van der Waals surface area contributed by atoms with Gasteiger partial charge in [0.1, 0.15) is 4.33 Å². The predicted octanol–water partition coefficient (Wildman–Crippen LogP) is 2.81. The summed E-state index contributed by atoms with van der Waals surface area (Å²) in [6.45, 7) is 0.575. The molecule has 2 fully saturated rings. The van der Waals surface area contributed by atoms with Crippen molar-refractivity contribution in [3.8, 4) is 0 Å². The van der Waals surface area contributed by atoms with Gasteiger partial charge in [-0.2, -0.15) is 0 Å². The van der Waals surface area contributed by atoms with E-state index in [1.165, 1.54) is 19.3 Å². The van der Waals surface area contributed by atoms with Crippen LogP contribution in [0.25, 0.3) is 0 Å². The van der Waals surface area contributed by atoms with Gasteiger partial charge in [0.15, 0.2) is 0 Å². The molecule has 0 aromatic carbocycles. The number of amides is 2. The van der Waals surface area contributed by atoms with Crippen LogP contribution in [0.3, 0.4) is 0 Å². The third-order valence-electron chi connectivity index (χ3n) is 3.41. The van der Waals surface area contributed by atoms with Gasteiger partial charge in [0.05, 0.1) is 0 Å². The fourth-order valence-corrected chi connectivity index (χ4v) is 2.72. The fraction of sp³-hybridized carbons (Fsp3) is 0.909. The molecule has 0 aromatic heterocycles. The molecule has 0 aromatic rings. The number of rotatable bonds is 3. The van der Waals surface area contributed by atoms with Crippen molar-refractivity contribution in [1.29, 1.82) is 0 Å². The first-order valence-electron chi connectivity index (χ1n) is 6.00. The van der Waals surface area contributed by atoms with E-state index in [0.29, 0.717) is 12.6 Å². The topological polar surface area (TPSA) is 41.1 Å². The van der Waals surface area contributed by atoms with Gasteiger partial charge in [-0.25, -0.2) is 4.79 Å². The molecule has 2 saturated carbocycles. The van der Waals surface area contributed by atoms with Crippen LogP contribution in [0.1, 0.15) is 38.5 Å². The van der Waals surface area contributed by atoms with E-state index in [2.05, 4.69) is 10.6 Å². The average Bonchev–Trinajstić information content (AvgIpc) is 2.85. The van der Waals surface area contributed by atoms with Crippen molar-refractivity contribution in [3.05, 3.63) is 0 Å². The van der Waals surface area contributed by atoms with Crippen LogP contribution in [0.5, 0.6) is 0 Å². The van der Waals surface area contributed by atoms with Gasteiger partial charge in [0.2, 0.25) is 0 Å². The zero-order valence-corrected chi connectivity index (χ0v) is 10.8. The number of carbonyl (C=O) groups is 1. The first-order chi connectivity index (χ1) is 7.58. The second kappa shape index (κ2) is 5.01. The molecule has 2 aliphatic rings. The Morgan fingerprint density at radius 2 is 1.88 bits per heavy atom. The van der Waals surface area contributed by atoms with Gasteiger partial charge in [-0.3, -0.25) is 0 Å². The molecule has 2 aliphatic carbocycles. The van der Waals surface area contributed by atoms with E-state index < -0.39 is 4.33 Å². The summed E-state index contributed by atoms with van der Waals surface area (Å²) in [6, 6.07) is 0.271. The summed E-state index contributed by atoms with van der Waals surface area (Å²) < 4.78 is -0.599. The molecule has 5 heteroatoms. The average molecular weight is 265 g/mol. The van der Waals surface area contributed by atoms with Crippen molar-refractivity contribution in [2.75, 3.05) is 6.54 Å². The van der Waals surface area contributed by atoms with Gasteiger partial charge in [-0.1, -0.05) is 19.3 Å². The lowest BCUT2D eigenvalue weighted by molar-refractivity contribution is 0.232. The number of halogens is 2. The molecule has 3 nitrogen and oxygen atoms in total. The Balaban J connectivity index is 1.61. The molecule has 0 spiro atoms. The van der Waals surface area contributed by atoms with Crippen molar-refractivity contribution in [3.63, 3.8) is 0 Å². The highest BCUT2D eigenvalue weighted by Crippen LogP contribution is 2.52. The number of carbonyl (C=O) groups excluding carboxylic acids is 1. The summed E-state index contributed by atoms with van der Waals surface area (Å²) in [5, 5.41) is 5.82. The summed E-state index contributed by atoms with van der Waals surface area (Å²) in [5.41, 5.74) is 0. The van der Waals surface area contributed by atoms with Crippen LogP contribution in [-0.2, 0) is 0 Å². The Morgan fingerprint density at radius 1 is 1.25 bits per heavy atom. The van der Waals surface area contributed by atoms with E-state index in [4.69, 9.17) is 23.2 Å². The third kappa shape index (κ3) is 3.42. The standard InChI is InChI=1S/C11H18Cl2N2O/c12-11(13)6-8(11)7-14-10(16)15-9-4-2-1-3-5-9/h8-9H,1-7H2,(H2,14,15,16)/t8-/m1/s1. The van der Waals surface area contributed by atoms with Crippen molar-refractivity contribution < 1.29 is 4.79 Å². The maximum absolute atomic E-state index is 11.5. The van der Waals surface area contributed by atoms with Gasteiger partial charge in [-0.15, -0.1) is 23.2 Å². The van der Waals surface area contributed by atoms with Gasteiger partial charge >= 0.3 is 6.03 Å². The number of hydrogen-bond donors (Lipinski definition) is 2. The van der Waals surface area contributed by atoms with E-state index >= 15 is 0 Å². The van der Waals surface area contributed by atoms with Gasteiger partial charge in [0.25, 0.3) is 0 Å². The molecular formula is C11H18Cl2N2O. The number of nitrogens with one attached hydrogen (secondary N) is 2. The zero-order chi connectivity index (χ0) is 11.6. The minimum Gasteiger partial charge on any atom is -0.338 e. The van der Waals surface area contributed by atoms with Crippen LogP contribution >= 0.6 is 23.2 Å². The van der Waals surface area contributed by atoms with E-state index in [9.17, 15) is 4.79 Å². The maximum atomic E-state index is 11.5. The maximum Gasteiger partial charge on any atom is 0.315 e. The smallest absolute Gasteiger partial charge is 0.315 e. The minimum absolute atomic E-state index is 0.0806. The predicted molar refractivity (Wildman–Crippen MR) is 66.0 cm³/mol. The Hall–Kier alpha value is -0.150. The normalized spacial score (nSPS) is 28.5. The lowest BCUT2D eigenvalue weighted by Gasteiger charge is -2.22. The highest BCUT2D eigenvalue weighted by Gasteiger charge is 2.51. The fourth-order valence-electron chi connectivity index (χ4n) is 2.19. The summed E-state index contributed by atoms with van der Waals surface area (Å²) >= 11 is 11.8. The molecule has 0 radical (unpaired) electrons. The van der Waals surface area contributed by atoms with Crippen molar-refractivity contribution in [2.45, 2.75) is 48.9 Å². The second-order valence-corrected chi connectivity index (χ2v) is 6.39. The highest BCUT2D eigenvalue weighted by molar-refractivity contribution is 6.50. The molecule has 16 heavy (non-hydrogen) atoms. The molecule has 2 amide bonds. The van der Waals surface area contributed by atoms with E-state index in [-0.39, 0.29) is 11.9 Å². The molecule has 0 bridgehead atoms. The SMILES string of the molecule is O=C(NC[C@H]1CC1(Cl)Cl)NC1CCCCC1. The first kappa shape index (κ1) is 12.3. The molecule has 0 aliphatic heterocycles. The Morgan fingerprint density at radius 3 is 2.44 bits per heavy atom. The van der Waals surface area contributed by atoms with Gasteiger partial charge in [-0.05, 0) is 19.3 Å². The van der Waals surface area contributed by atoms with Crippen molar-refractivity contribution in [1.82, 2.24) is 10.6 Å². The Bertz CT molecular complexity index is 265. The van der Waals surface area contributed by atoms with Crippen LogP contribution in [-0.4, -0.2) is 23.0 Å². The van der Waals surface area contributed by atoms with Crippen molar-refractivity contribution in [2.24, 2.45) is 5.92 Å². The van der Waals surface area contributed by atoms with E-state index in [1.54, 1.807) is 0 Å². The molecule has 2 N–H and O–H groups in total. The third-order valence-corrected chi connectivity index (χ3v) is 4.33. The number of hydrogen-bond acceptors (Lipinski definition) is 1. The van der Waals surface area contributed by atoms with Gasteiger partial charge in [0, 0.05) is 18.5 Å². The monoisotopic (exact) mass is 264 g/mol. The number of urea groups is 1. The minimum atomic E-state index is -0.599. The van der Waals surface area contributed by atoms with Crippen LogP contribution in [0.15, 0.2) is 0 Å². The molecule has 0 unspecified atom stereocenters. The lowest BCUT2D eigenvalue weighted by Crippen LogP contribution is -2.43. The lowest BCUT2D eigenvalue weighted by atomic mass is 9.96. The summed E-state index contributed by atoms with van der Waals surface area (Å²) in [6.07, 6.45) is 6.72. The molecule has 1 atom stereocenters. The molecule has 2 rings (SSSR count). The van der Waals surface area contributed by atoms with E-state index in [0.717, 1.165) is 19.3 Å². The Labute approximate surface area is 106 Å². The van der Waals surface area contributed by atoms with Crippen LogP contribution in [0.2, 0.25) is 0 Å². The van der Waals surface area contributed by atoms with Crippen molar-refractivity contribution >= 4 is 29.2 Å². The van der Waals surface area contributed by atoms with Crippen LogP contribution < -0.4 is 10.6 Å². The zero-order valence-electron chi connectivity index (χ0n) is 9.27. The second-order valence-electron chi connectivity index (χ2n) is 4.85. The molecule has 92 valence electrons. The quantitative estimate of drug-likeness (QED) is 0.757. The molecule has 0 saturated heterocycles. The highest BCUT2D eigenvalue weighted by atomic mass is 35.5. The first-order valence-corrected chi connectivity index (χ1v) is 6.76. The molecule has 0 heterocycles. The summed E-state index contributed by atoms with van der Waals surface area (Å²) in [5.74, 6) is 0.216. The summed E-state index contributed by atoms with van der Waals surface area (Å²) in [7, 11) is 0. The largest absolute Gasteiger partial charge is 0.338 e. The summed E-state index contributed by atoms with van der Waals surface area (Å²) in [4.78, 5) is 11.5. The van der Waals surface area contributed by atoms with Crippen LogP contribution in [0.4, 0.5) is 4.79 Å². The number of alkyl halides is 2. The van der Waals surface area contributed by atoms with Gasteiger partial charge < -0.3 is 10.6 Å². The molecular weight excluding hydrogens is 247 g/mol. The van der Waals surface area contributed by atoms with E-state index in [1.807, 2.05) is 0 Å².